The van der Waals surface area contributed by atoms with Crippen LogP contribution in [0, 0.1) is 17.3 Å². The summed E-state index contributed by atoms with van der Waals surface area (Å²) in [4.78, 5) is 4.37. The van der Waals surface area contributed by atoms with Crippen LogP contribution < -0.4 is 0 Å². The maximum Gasteiger partial charge on any atom is 0.0293 e. The lowest BCUT2D eigenvalue weighted by Gasteiger charge is -2.26. The normalized spacial score (nSPS) is 27.7. The Balaban J connectivity index is 2.73. The summed E-state index contributed by atoms with van der Waals surface area (Å²) in [6.45, 7) is 11.2. The van der Waals surface area contributed by atoms with Gasteiger partial charge in [-0.15, -0.1) is 0 Å². The van der Waals surface area contributed by atoms with E-state index in [-0.39, 0.29) is 5.41 Å². The Bertz CT molecular complexity index is 296. The van der Waals surface area contributed by atoms with Gasteiger partial charge in [0, 0.05) is 17.8 Å². The Hall–Kier alpha value is -0.850. The molecule has 0 radical (unpaired) electrons. The smallest absolute Gasteiger partial charge is 0.0293 e. The molecule has 0 aromatic rings. The number of nitrogens with zero attached hydrogens (tertiary/aromatic N) is 1. The maximum atomic E-state index is 4.37. The van der Waals surface area contributed by atoms with Crippen LogP contribution in [0.25, 0.3) is 0 Å². The number of hydrogen-bond donors (Lipinski definition) is 0. The van der Waals surface area contributed by atoms with Crippen molar-refractivity contribution >= 4 is 6.21 Å². The highest BCUT2D eigenvalue weighted by Crippen LogP contribution is 2.31. The first-order chi connectivity index (χ1) is 6.93. The fourth-order valence-electron chi connectivity index (χ4n) is 1.78. The molecule has 15 heavy (non-hydrogen) atoms. The summed E-state index contributed by atoms with van der Waals surface area (Å²) in [7, 11) is 0. The molecule has 0 spiro atoms. The SMILES string of the molecule is CC1=CN=CC(C)(CC(C)C(C)C)C=C1. The highest BCUT2D eigenvalue weighted by atomic mass is 14.7. The zero-order chi connectivity index (χ0) is 11.5. The highest BCUT2D eigenvalue weighted by Gasteiger charge is 2.23. The highest BCUT2D eigenvalue weighted by molar-refractivity contribution is 5.70. The summed E-state index contributed by atoms with van der Waals surface area (Å²) in [5.41, 5.74) is 1.35. The minimum Gasteiger partial charge on any atom is -0.268 e. The van der Waals surface area contributed by atoms with Gasteiger partial charge in [-0.05, 0) is 30.8 Å². The Morgan fingerprint density at radius 3 is 2.60 bits per heavy atom. The van der Waals surface area contributed by atoms with Crippen LogP contribution >= 0.6 is 0 Å². The van der Waals surface area contributed by atoms with Gasteiger partial charge < -0.3 is 0 Å². The van der Waals surface area contributed by atoms with E-state index in [4.69, 9.17) is 0 Å². The van der Waals surface area contributed by atoms with Gasteiger partial charge in [-0.1, -0.05) is 39.8 Å². The number of hydrogen-bond acceptors (Lipinski definition) is 1. The van der Waals surface area contributed by atoms with E-state index in [2.05, 4.69) is 58.0 Å². The third-order valence-electron chi connectivity index (χ3n) is 3.27. The molecule has 0 amide bonds. The lowest BCUT2D eigenvalue weighted by Crippen LogP contribution is -2.21. The van der Waals surface area contributed by atoms with Gasteiger partial charge in [0.25, 0.3) is 0 Å². The molecule has 1 heteroatoms. The van der Waals surface area contributed by atoms with Gasteiger partial charge >= 0.3 is 0 Å². The van der Waals surface area contributed by atoms with Crippen LogP contribution in [0.4, 0.5) is 0 Å². The Morgan fingerprint density at radius 2 is 2.00 bits per heavy atom. The number of allylic oxidation sites excluding steroid dienone is 3. The van der Waals surface area contributed by atoms with Crippen LogP contribution in [0.15, 0.2) is 28.9 Å². The zero-order valence-electron chi connectivity index (χ0n) is 10.6. The van der Waals surface area contributed by atoms with Crippen LogP contribution in [0.1, 0.15) is 41.0 Å². The van der Waals surface area contributed by atoms with Crippen molar-refractivity contribution in [1.29, 1.82) is 0 Å². The van der Waals surface area contributed by atoms with Crippen molar-refractivity contribution < 1.29 is 0 Å². The van der Waals surface area contributed by atoms with Crippen molar-refractivity contribution in [2.45, 2.75) is 41.0 Å². The lowest BCUT2D eigenvalue weighted by atomic mass is 9.78. The Labute approximate surface area is 94.0 Å². The monoisotopic (exact) mass is 205 g/mol. The first-order valence-electron chi connectivity index (χ1n) is 5.83. The molecule has 0 bridgehead atoms. The number of rotatable bonds is 3. The predicted octanol–water partition coefficient (Wildman–Crippen LogP) is 4.22. The molecule has 0 fully saturated rings. The van der Waals surface area contributed by atoms with Crippen molar-refractivity contribution in [3.63, 3.8) is 0 Å². The van der Waals surface area contributed by atoms with Gasteiger partial charge in [-0.2, -0.15) is 0 Å². The predicted molar refractivity (Wildman–Crippen MR) is 68.1 cm³/mol. The van der Waals surface area contributed by atoms with Gasteiger partial charge in [-0.3, -0.25) is 4.99 Å². The molecular weight excluding hydrogens is 182 g/mol. The third-order valence-corrected chi connectivity index (χ3v) is 3.27. The van der Waals surface area contributed by atoms with E-state index in [9.17, 15) is 0 Å². The molecule has 1 rings (SSSR count). The summed E-state index contributed by atoms with van der Waals surface area (Å²) in [5, 5.41) is 0. The van der Waals surface area contributed by atoms with Crippen molar-refractivity contribution in [1.82, 2.24) is 0 Å². The minimum absolute atomic E-state index is 0.123. The topological polar surface area (TPSA) is 12.4 Å². The van der Waals surface area contributed by atoms with E-state index in [1.165, 1.54) is 12.0 Å². The van der Waals surface area contributed by atoms with E-state index in [1.54, 1.807) is 0 Å². The second-order valence-corrected chi connectivity index (χ2v) is 5.42. The van der Waals surface area contributed by atoms with Crippen molar-refractivity contribution in [3.05, 3.63) is 23.9 Å². The molecule has 1 aliphatic heterocycles. The molecule has 2 unspecified atom stereocenters. The lowest BCUT2D eigenvalue weighted by molar-refractivity contribution is 0.330. The number of aliphatic imine (C=N–C) groups is 1. The van der Waals surface area contributed by atoms with Gasteiger partial charge in [-0.25, -0.2) is 0 Å². The van der Waals surface area contributed by atoms with Crippen LogP contribution in [-0.4, -0.2) is 6.21 Å². The molecule has 0 saturated carbocycles. The summed E-state index contributed by atoms with van der Waals surface area (Å²) in [6, 6.07) is 0. The molecule has 0 saturated heterocycles. The standard InChI is InChI=1S/C14H23N/c1-11(2)13(4)8-14(5)7-6-12(3)9-15-10-14/h6-7,9-11,13H,8H2,1-5H3. The van der Waals surface area contributed by atoms with Crippen LogP contribution in [0.5, 0.6) is 0 Å². The summed E-state index contributed by atoms with van der Waals surface area (Å²) < 4.78 is 0. The second kappa shape index (κ2) is 4.78. The molecule has 0 N–H and O–H groups in total. The molecule has 1 heterocycles. The van der Waals surface area contributed by atoms with E-state index in [0.717, 1.165) is 11.8 Å². The van der Waals surface area contributed by atoms with E-state index < -0.39 is 0 Å². The summed E-state index contributed by atoms with van der Waals surface area (Å²) >= 11 is 0. The summed E-state index contributed by atoms with van der Waals surface area (Å²) in [5.74, 6) is 1.46. The van der Waals surface area contributed by atoms with Gasteiger partial charge in [0.2, 0.25) is 0 Å². The molecule has 1 aliphatic rings. The summed E-state index contributed by atoms with van der Waals surface area (Å²) in [6.07, 6.45) is 9.65. The molecule has 0 aromatic heterocycles. The van der Waals surface area contributed by atoms with Gasteiger partial charge in [0.15, 0.2) is 0 Å². The van der Waals surface area contributed by atoms with Crippen LogP contribution in [0.2, 0.25) is 0 Å². The second-order valence-electron chi connectivity index (χ2n) is 5.42. The fraction of sp³-hybridized carbons (Fsp3) is 0.643. The van der Waals surface area contributed by atoms with Crippen LogP contribution in [-0.2, 0) is 0 Å². The Kier molecular flexibility index (Phi) is 3.90. The van der Waals surface area contributed by atoms with E-state index in [1.807, 2.05) is 6.20 Å². The molecule has 84 valence electrons. The average Bonchev–Trinajstić information content (AvgIpc) is 2.29. The molecule has 0 aliphatic carbocycles. The molecule has 0 aromatic carbocycles. The quantitative estimate of drug-likeness (QED) is 0.654. The first kappa shape index (κ1) is 12.2. The third kappa shape index (κ3) is 3.65. The Morgan fingerprint density at radius 1 is 1.33 bits per heavy atom. The molecule has 1 nitrogen and oxygen atoms in total. The van der Waals surface area contributed by atoms with Crippen LogP contribution in [0.3, 0.4) is 0 Å². The van der Waals surface area contributed by atoms with Gasteiger partial charge in [0.05, 0.1) is 0 Å². The van der Waals surface area contributed by atoms with E-state index >= 15 is 0 Å². The average molecular weight is 205 g/mol. The van der Waals surface area contributed by atoms with Crippen molar-refractivity contribution in [2.75, 3.05) is 0 Å². The molecular formula is C14H23N. The minimum atomic E-state index is 0.123. The zero-order valence-corrected chi connectivity index (χ0v) is 10.6. The van der Waals surface area contributed by atoms with Crippen molar-refractivity contribution in [2.24, 2.45) is 22.2 Å². The van der Waals surface area contributed by atoms with Crippen molar-refractivity contribution in [3.8, 4) is 0 Å². The maximum absolute atomic E-state index is 4.37. The van der Waals surface area contributed by atoms with Gasteiger partial charge in [0.1, 0.15) is 0 Å². The molecule has 2 atom stereocenters. The fourth-order valence-corrected chi connectivity index (χ4v) is 1.78. The largest absolute Gasteiger partial charge is 0.268 e. The van der Waals surface area contributed by atoms with E-state index in [0.29, 0.717) is 0 Å². The first-order valence-corrected chi connectivity index (χ1v) is 5.83.